The Balaban J connectivity index is 3.39. The smallest absolute Gasteiger partial charge is 0.241 e. The molecule has 0 amide bonds. The normalized spacial score (nSPS) is 12.4. The summed E-state index contributed by atoms with van der Waals surface area (Å²) in [5.41, 5.74) is 4.68. The summed E-state index contributed by atoms with van der Waals surface area (Å²) in [5.74, 6) is -0.736. The number of nitrogens with one attached hydrogen (secondary N) is 1. The maximum absolute atomic E-state index is 13.9. The quantitative estimate of drug-likeness (QED) is 0.753. The maximum atomic E-state index is 13.9. The molecule has 0 aliphatic carbocycles. The van der Waals surface area contributed by atoms with Gasteiger partial charge in [-0.2, -0.15) is 0 Å². The lowest BCUT2D eigenvalue weighted by Gasteiger charge is -2.31. The second-order valence-electron chi connectivity index (χ2n) is 4.92. The molecule has 0 aromatic heterocycles. The van der Waals surface area contributed by atoms with Gasteiger partial charge in [0.15, 0.2) is 0 Å². The average molecular weight is 332 g/mol. The van der Waals surface area contributed by atoms with E-state index in [1.54, 1.807) is 0 Å². The number of benzene rings is 1. The van der Waals surface area contributed by atoms with Crippen LogP contribution in [0, 0.1) is 5.82 Å². The van der Waals surface area contributed by atoms with Gasteiger partial charge in [-0.25, -0.2) is 17.5 Å². The molecule has 1 rings (SSSR count). The highest BCUT2D eigenvalue weighted by Gasteiger charge is 2.32. The fourth-order valence-corrected chi connectivity index (χ4v) is 4.39. The number of nitrogens with two attached hydrogens (primary N) is 1. The molecule has 0 spiro atoms. The minimum Gasteiger partial charge on any atom is -0.389 e. The van der Waals surface area contributed by atoms with Gasteiger partial charge >= 0.3 is 0 Å². The van der Waals surface area contributed by atoms with Crippen LogP contribution in [0.2, 0.25) is 0 Å². The van der Waals surface area contributed by atoms with Crippen LogP contribution in [-0.2, 0) is 10.0 Å². The van der Waals surface area contributed by atoms with E-state index in [9.17, 15) is 12.8 Å². The molecule has 0 heterocycles. The van der Waals surface area contributed by atoms with E-state index in [0.29, 0.717) is 19.3 Å². The van der Waals surface area contributed by atoms with Crippen LogP contribution < -0.4 is 10.5 Å². The second-order valence-corrected chi connectivity index (χ2v) is 7.01. The van der Waals surface area contributed by atoms with E-state index in [2.05, 4.69) is 4.72 Å². The van der Waals surface area contributed by atoms with Crippen molar-refractivity contribution < 1.29 is 12.8 Å². The molecule has 4 nitrogen and oxygen atoms in total. The first-order chi connectivity index (χ1) is 9.73. The summed E-state index contributed by atoms with van der Waals surface area (Å²) in [5, 5.41) is 0. The monoisotopic (exact) mass is 332 g/mol. The molecule has 0 saturated carbocycles. The van der Waals surface area contributed by atoms with Crippen molar-refractivity contribution in [2.45, 2.75) is 50.5 Å². The standard InChI is InChI=1S/C14H21FN2O2S2/c1-4-14(5-2,6-3)17-21(18,19)11-9-7-8-10(15)12(11)13(16)20/h7-9,17H,4-6H2,1-3H3,(H2,16,20). The number of halogens is 1. The van der Waals surface area contributed by atoms with Gasteiger partial charge in [0.2, 0.25) is 10.0 Å². The van der Waals surface area contributed by atoms with E-state index in [-0.39, 0.29) is 15.4 Å². The summed E-state index contributed by atoms with van der Waals surface area (Å²) in [6, 6.07) is 3.78. The Bertz CT molecular complexity index is 618. The van der Waals surface area contributed by atoms with Crippen molar-refractivity contribution in [1.29, 1.82) is 0 Å². The minimum absolute atomic E-state index is 0.213. The van der Waals surface area contributed by atoms with Crippen molar-refractivity contribution in [2.75, 3.05) is 0 Å². The zero-order valence-electron chi connectivity index (χ0n) is 12.4. The Morgan fingerprint density at radius 2 is 1.81 bits per heavy atom. The molecule has 1 aromatic rings. The van der Waals surface area contributed by atoms with Gasteiger partial charge in [0.05, 0.1) is 10.5 Å². The van der Waals surface area contributed by atoms with Crippen molar-refractivity contribution in [3.05, 3.63) is 29.6 Å². The molecule has 0 aliphatic rings. The Hall–Kier alpha value is -1.05. The third-order valence-corrected chi connectivity index (χ3v) is 5.72. The lowest BCUT2D eigenvalue weighted by Crippen LogP contribution is -2.47. The summed E-state index contributed by atoms with van der Waals surface area (Å²) in [6.45, 7) is 5.74. The predicted octanol–water partition coefficient (Wildman–Crippen LogP) is 2.71. The van der Waals surface area contributed by atoms with E-state index in [4.69, 9.17) is 18.0 Å². The van der Waals surface area contributed by atoms with Crippen LogP contribution >= 0.6 is 12.2 Å². The highest BCUT2D eigenvalue weighted by atomic mass is 32.2. The number of hydrogen-bond donors (Lipinski definition) is 2. The van der Waals surface area contributed by atoms with Crippen LogP contribution in [0.1, 0.15) is 45.6 Å². The van der Waals surface area contributed by atoms with Crippen molar-refractivity contribution in [3.8, 4) is 0 Å². The van der Waals surface area contributed by atoms with Gasteiger partial charge in [-0.3, -0.25) is 0 Å². The first-order valence-electron chi connectivity index (χ1n) is 6.85. The highest BCUT2D eigenvalue weighted by molar-refractivity contribution is 7.89. The van der Waals surface area contributed by atoms with Crippen LogP contribution in [0.4, 0.5) is 4.39 Å². The van der Waals surface area contributed by atoms with E-state index in [0.717, 1.165) is 6.07 Å². The SMILES string of the molecule is CCC(CC)(CC)NS(=O)(=O)c1cccc(F)c1C(N)=S. The molecule has 7 heteroatoms. The van der Waals surface area contributed by atoms with E-state index < -0.39 is 21.4 Å². The Kier molecular flexibility index (Phi) is 5.83. The summed E-state index contributed by atoms with van der Waals surface area (Å²) in [4.78, 5) is -0.488. The zero-order chi connectivity index (χ0) is 16.3. The van der Waals surface area contributed by atoms with Gasteiger partial charge in [-0.1, -0.05) is 39.1 Å². The molecule has 0 aliphatic heterocycles. The van der Waals surface area contributed by atoms with Crippen LogP contribution in [-0.4, -0.2) is 18.9 Å². The van der Waals surface area contributed by atoms with E-state index in [1.165, 1.54) is 12.1 Å². The summed E-state index contributed by atoms with van der Waals surface area (Å²) in [7, 11) is -3.91. The fraction of sp³-hybridized carbons (Fsp3) is 0.500. The van der Waals surface area contributed by atoms with Crippen LogP contribution in [0.5, 0.6) is 0 Å². The molecule has 0 radical (unpaired) electrons. The van der Waals surface area contributed by atoms with Crippen LogP contribution in [0.25, 0.3) is 0 Å². The first kappa shape index (κ1) is 18.0. The molecule has 1 aromatic carbocycles. The number of rotatable bonds is 7. The van der Waals surface area contributed by atoms with Gasteiger partial charge in [-0.15, -0.1) is 0 Å². The first-order valence-corrected chi connectivity index (χ1v) is 8.74. The number of sulfonamides is 1. The average Bonchev–Trinajstić information content (AvgIpc) is 2.44. The topological polar surface area (TPSA) is 72.2 Å². The van der Waals surface area contributed by atoms with E-state index >= 15 is 0 Å². The summed E-state index contributed by atoms with van der Waals surface area (Å²) >= 11 is 4.78. The molecule has 21 heavy (non-hydrogen) atoms. The Morgan fingerprint density at radius 1 is 1.29 bits per heavy atom. The summed E-state index contributed by atoms with van der Waals surface area (Å²) < 4.78 is 41.8. The van der Waals surface area contributed by atoms with Crippen molar-refractivity contribution in [1.82, 2.24) is 4.72 Å². The molecule has 3 N–H and O–H groups in total. The van der Waals surface area contributed by atoms with Gasteiger partial charge < -0.3 is 5.73 Å². The lowest BCUT2D eigenvalue weighted by atomic mass is 9.91. The van der Waals surface area contributed by atoms with Crippen LogP contribution in [0.15, 0.2) is 23.1 Å². The van der Waals surface area contributed by atoms with Gasteiger partial charge in [-0.05, 0) is 31.4 Å². The Morgan fingerprint density at radius 3 is 2.24 bits per heavy atom. The third-order valence-electron chi connectivity index (χ3n) is 3.89. The zero-order valence-corrected chi connectivity index (χ0v) is 14.1. The lowest BCUT2D eigenvalue weighted by molar-refractivity contribution is 0.341. The second kappa shape index (κ2) is 6.81. The highest BCUT2D eigenvalue weighted by Crippen LogP contribution is 2.25. The van der Waals surface area contributed by atoms with Crippen LogP contribution in [0.3, 0.4) is 0 Å². The van der Waals surface area contributed by atoms with Gasteiger partial charge in [0, 0.05) is 5.54 Å². The number of thiocarbonyl (C=S) groups is 1. The third kappa shape index (κ3) is 3.78. The van der Waals surface area contributed by atoms with E-state index in [1.807, 2.05) is 20.8 Å². The molecular formula is C14H21FN2O2S2. The molecule has 0 unspecified atom stereocenters. The predicted molar refractivity (Wildman–Crippen MR) is 86.2 cm³/mol. The largest absolute Gasteiger partial charge is 0.389 e. The molecule has 0 fully saturated rings. The fourth-order valence-electron chi connectivity index (χ4n) is 2.27. The Labute approximate surface area is 131 Å². The molecule has 0 saturated heterocycles. The molecule has 0 atom stereocenters. The van der Waals surface area contributed by atoms with Gasteiger partial charge in [0.1, 0.15) is 10.8 Å². The molecular weight excluding hydrogens is 311 g/mol. The van der Waals surface area contributed by atoms with Crippen molar-refractivity contribution in [3.63, 3.8) is 0 Å². The molecule has 0 bridgehead atoms. The number of hydrogen-bond acceptors (Lipinski definition) is 3. The van der Waals surface area contributed by atoms with Crippen molar-refractivity contribution in [2.24, 2.45) is 5.73 Å². The van der Waals surface area contributed by atoms with Crippen molar-refractivity contribution >= 4 is 27.2 Å². The molecule has 118 valence electrons. The minimum atomic E-state index is -3.91. The maximum Gasteiger partial charge on any atom is 0.241 e. The summed E-state index contributed by atoms with van der Waals surface area (Å²) in [6.07, 6.45) is 1.91. The van der Waals surface area contributed by atoms with Gasteiger partial charge in [0.25, 0.3) is 0 Å².